The predicted octanol–water partition coefficient (Wildman–Crippen LogP) is 4.50. The highest BCUT2D eigenvalue weighted by atomic mass is 35.5. The highest BCUT2D eigenvalue weighted by Crippen LogP contribution is 2.37. The van der Waals surface area contributed by atoms with Crippen LogP contribution in [0.25, 0.3) is 10.9 Å². The SMILES string of the molecule is COc1ccc(C2NCCc3c2[nH]c2ccc(Cl)cc32)cc1OC.Cl. The normalized spacial score (nSPS) is 16.2. The van der Waals surface area contributed by atoms with E-state index in [1.54, 1.807) is 14.2 Å². The molecule has 1 atom stereocenters. The van der Waals surface area contributed by atoms with Gasteiger partial charge < -0.3 is 19.8 Å². The molecule has 1 aliphatic heterocycles. The Morgan fingerprint density at radius 3 is 2.60 bits per heavy atom. The van der Waals surface area contributed by atoms with Crippen LogP contribution in [0, 0.1) is 0 Å². The molecule has 0 radical (unpaired) electrons. The number of aromatic nitrogens is 1. The number of nitrogens with one attached hydrogen (secondary N) is 2. The lowest BCUT2D eigenvalue weighted by atomic mass is 9.94. The van der Waals surface area contributed by atoms with Crippen molar-refractivity contribution in [3.8, 4) is 11.5 Å². The Kier molecular flexibility index (Phi) is 5.13. The van der Waals surface area contributed by atoms with E-state index >= 15 is 0 Å². The predicted molar refractivity (Wildman–Crippen MR) is 104 cm³/mol. The number of hydrogen-bond donors (Lipinski definition) is 2. The molecule has 1 aliphatic rings. The van der Waals surface area contributed by atoms with Crippen LogP contribution >= 0.6 is 24.0 Å². The minimum absolute atomic E-state index is 0. The second-order valence-corrected chi connectivity index (χ2v) is 6.40. The van der Waals surface area contributed by atoms with E-state index in [0.29, 0.717) is 0 Å². The summed E-state index contributed by atoms with van der Waals surface area (Å²) in [6.07, 6.45) is 0.986. The van der Waals surface area contributed by atoms with Crippen molar-refractivity contribution in [1.82, 2.24) is 10.3 Å². The largest absolute Gasteiger partial charge is 0.493 e. The van der Waals surface area contributed by atoms with Crippen molar-refractivity contribution in [1.29, 1.82) is 0 Å². The fourth-order valence-corrected chi connectivity index (χ4v) is 3.69. The molecule has 2 N–H and O–H groups in total. The first kappa shape index (κ1) is 17.9. The van der Waals surface area contributed by atoms with Gasteiger partial charge in [0.25, 0.3) is 0 Å². The van der Waals surface area contributed by atoms with Crippen LogP contribution in [0.5, 0.6) is 11.5 Å². The Morgan fingerprint density at radius 1 is 1.04 bits per heavy atom. The summed E-state index contributed by atoms with van der Waals surface area (Å²) in [5.41, 5.74) is 4.81. The number of H-pyrrole nitrogens is 1. The first-order valence-electron chi connectivity index (χ1n) is 7.96. The van der Waals surface area contributed by atoms with Gasteiger partial charge in [0.05, 0.1) is 20.3 Å². The third kappa shape index (κ3) is 3.06. The molecular formula is C19H20Cl2N2O2. The van der Waals surface area contributed by atoms with E-state index in [9.17, 15) is 0 Å². The van der Waals surface area contributed by atoms with Crippen molar-refractivity contribution < 1.29 is 9.47 Å². The van der Waals surface area contributed by atoms with Crippen LogP contribution in [0.4, 0.5) is 0 Å². The maximum absolute atomic E-state index is 6.18. The van der Waals surface area contributed by atoms with Crippen LogP contribution in [-0.4, -0.2) is 25.7 Å². The summed E-state index contributed by atoms with van der Waals surface area (Å²) in [6, 6.07) is 12.2. The molecule has 0 saturated heterocycles. The van der Waals surface area contributed by atoms with Gasteiger partial charge in [-0.15, -0.1) is 12.4 Å². The highest BCUT2D eigenvalue weighted by Gasteiger charge is 2.26. The smallest absolute Gasteiger partial charge is 0.161 e. The molecule has 0 spiro atoms. The average Bonchev–Trinajstić information content (AvgIpc) is 2.99. The van der Waals surface area contributed by atoms with E-state index in [4.69, 9.17) is 21.1 Å². The quantitative estimate of drug-likeness (QED) is 0.705. The van der Waals surface area contributed by atoms with Crippen LogP contribution in [0.1, 0.15) is 22.9 Å². The van der Waals surface area contributed by atoms with Gasteiger partial charge in [-0.05, 0) is 47.9 Å². The molecule has 25 heavy (non-hydrogen) atoms. The number of hydrogen-bond acceptors (Lipinski definition) is 3. The zero-order valence-corrected chi connectivity index (χ0v) is 15.6. The summed E-state index contributed by atoms with van der Waals surface area (Å²) in [5.74, 6) is 1.48. The van der Waals surface area contributed by atoms with Crippen molar-refractivity contribution >= 4 is 34.9 Å². The molecule has 132 valence electrons. The van der Waals surface area contributed by atoms with E-state index in [0.717, 1.165) is 40.6 Å². The second kappa shape index (κ2) is 7.16. The monoisotopic (exact) mass is 378 g/mol. The van der Waals surface area contributed by atoms with Gasteiger partial charge in [0, 0.05) is 28.2 Å². The van der Waals surface area contributed by atoms with E-state index in [1.165, 1.54) is 16.6 Å². The number of benzene rings is 2. The summed E-state index contributed by atoms with van der Waals surface area (Å²) in [5, 5.41) is 5.58. The maximum atomic E-state index is 6.18. The molecule has 0 bridgehead atoms. The molecule has 0 amide bonds. The van der Waals surface area contributed by atoms with Crippen molar-refractivity contribution in [2.24, 2.45) is 0 Å². The van der Waals surface area contributed by atoms with Crippen molar-refractivity contribution in [2.75, 3.05) is 20.8 Å². The van der Waals surface area contributed by atoms with E-state index in [-0.39, 0.29) is 18.4 Å². The standard InChI is InChI=1S/C19H19ClN2O2.ClH/c1-23-16-6-3-11(9-17(16)24-2)18-19-13(7-8-21-18)14-10-12(20)4-5-15(14)22-19;/h3-6,9-10,18,21-22H,7-8H2,1-2H3;1H. The van der Waals surface area contributed by atoms with E-state index in [1.807, 2.05) is 30.3 Å². The number of methoxy groups -OCH3 is 2. The fourth-order valence-electron chi connectivity index (χ4n) is 3.52. The van der Waals surface area contributed by atoms with Crippen LogP contribution < -0.4 is 14.8 Å². The number of rotatable bonds is 3. The van der Waals surface area contributed by atoms with Crippen LogP contribution in [0.3, 0.4) is 0 Å². The van der Waals surface area contributed by atoms with Gasteiger partial charge in [0.1, 0.15) is 0 Å². The second-order valence-electron chi connectivity index (χ2n) is 5.96. The molecule has 0 saturated carbocycles. The van der Waals surface area contributed by atoms with Gasteiger partial charge >= 0.3 is 0 Å². The van der Waals surface area contributed by atoms with Gasteiger partial charge in [-0.1, -0.05) is 17.7 Å². The lowest BCUT2D eigenvalue weighted by molar-refractivity contribution is 0.354. The first-order valence-corrected chi connectivity index (χ1v) is 8.34. The van der Waals surface area contributed by atoms with Gasteiger partial charge in [-0.2, -0.15) is 0 Å². The molecular weight excluding hydrogens is 359 g/mol. The van der Waals surface area contributed by atoms with Gasteiger partial charge in [-0.3, -0.25) is 0 Å². The Hall–Kier alpha value is -1.88. The third-order valence-electron chi connectivity index (χ3n) is 4.65. The molecule has 4 nitrogen and oxygen atoms in total. The highest BCUT2D eigenvalue weighted by molar-refractivity contribution is 6.31. The maximum Gasteiger partial charge on any atom is 0.161 e. The van der Waals surface area contributed by atoms with Crippen molar-refractivity contribution in [3.05, 3.63) is 58.2 Å². The Labute approximate surface area is 157 Å². The lowest BCUT2D eigenvalue weighted by Gasteiger charge is -2.25. The average molecular weight is 379 g/mol. The van der Waals surface area contributed by atoms with Crippen LogP contribution in [-0.2, 0) is 6.42 Å². The minimum Gasteiger partial charge on any atom is -0.493 e. The molecule has 1 aromatic heterocycles. The molecule has 6 heteroatoms. The molecule has 0 aliphatic carbocycles. The fraction of sp³-hybridized carbons (Fsp3) is 0.263. The molecule has 1 unspecified atom stereocenters. The van der Waals surface area contributed by atoms with E-state index < -0.39 is 0 Å². The summed E-state index contributed by atoms with van der Waals surface area (Å²) >= 11 is 6.18. The molecule has 4 rings (SSSR count). The van der Waals surface area contributed by atoms with Gasteiger partial charge in [0.15, 0.2) is 11.5 Å². The Morgan fingerprint density at radius 2 is 1.84 bits per heavy atom. The molecule has 2 aromatic carbocycles. The third-order valence-corrected chi connectivity index (χ3v) is 4.89. The topological polar surface area (TPSA) is 46.3 Å². The lowest BCUT2D eigenvalue weighted by Crippen LogP contribution is -2.30. The summed E-state index contributed by atoms with van der Waals surface area (Å²) < 4.78 is 10.8. The Bertz CT molecular complexity index is 908. The summed E-state index contributed by atoms with van der Waals surface area (Å²) in [4.78, 5) is 3.56. The number of aromatic amines is 1. The van der Waals surface area contributed by atoms with Crippen LogP contribution in [0.15, 0.2) is 36.4 Å². The van der Waals surface area contributed by atoms with Crippen LogP contribution in [0.2, 0.25) is 5.02 Å². The Balaban J connectivity index is 0.00000182. The number of fused-ring (bicyclic) bond motifs is 3. The molecule has 3 aromatic rings. The summed E-state index contributed by atoms with van der Waals surface area (Å²) in [6.45, 7) is 0.922. The zero-order valence-electron chi connectivity index (χ0n) is 14.1. The number of halogens is 2. The van der Waals surface area contributed by atoms with Gasteiger partial charge in [-0.25, -0.2) is 0 Å². The van der Waals surface area contributed by atoms with E-state index in [2.05, 4.69) is 16.4 Å². The molecule has 2 heterocycles. The summed E-state index contributed by atoms with van der Waals surface area (Å²) in [7, 11) is 3.31. The number of ether oxygens (including phenoxy) is 2. The van der Waals surface area contributed by atoms with Gasteiger partial charge in [0.2, 0.25) is 0 Å². The minimum atomic E-state index is 0. The first-order chi connectivity index (χ1) is 11.7. The van der Waals surface area contributed by atoms with Crippen molar-refractivity contribution in [2.45, 2.75) is 12.5 Å². The molecule has 0 fully saturated rings. The zero-order chi connectivity index (χ0) is 16.7. The van der Waals surface area contributed by atoms with Crippen molar-refractivity contribution in [3.63, 3.8) is 0 Å².